The van der Waals surface area contributed by atoms with Crippen molar-refractivity contribution in [2.75, 3.05) is 6.61 Å². The summed E-state index contributed by atoms with van der Waals surface area (Å²) in [6.45, 7) is 1.89. The fourth-order valence-electron chi connectivity index (χ4n) is 1.80. The summed E-state index contributed by atoms with van der Waals surface area (Å²) in [7, 11) is 0. The van der Waals surface area contributed by atoms with Crippen molar-refractivity contribution in [2.24, 2.45) is 0 Å². The fourth-order valence-corrected chi connectivity index (χ4v) is 1.80. The minimum Gasteiger partial charge on any atom is -0.394 e. The lowest BCUT2D eigenvalue weighted by molar-refractivity contribution is 0.0916. The molecule has 0 bridgehead atoms. The van der Waals surface area contributed by atoms with E-state index in [4.69, 9.17) is 5.11 Å². The van der Waals surface area contributed by atoms with Crippen LogP contribution in [-0.2, 0) is 0 Å². The number of aromatic nitrogens is 1. The Kier molecular flexibility index (Phi) is 3.44. The number of benzene rings is 1. The van der Waals surface area contributed by atoms with E-state index >= 15 is 0 Å². The molecule has 4 nitrogen and oxygen atoms in total. The molecule has 4 heteroatoms. The number of hydrogen-bond acceptors (Lipinski definition) is 2. The van der Waals surface area contributed by atoms with Crippen LogP contribution in [0.15, 0.2) is 30.5 Å². The number of nitrogens with one attached hydrogen (secondary N) is 2. The lowest BCUT2D eigenvalue weighted by atomic mass is 10.1. The average molecular weight is 232 g/mol. The van der Waals surface area contributed by atoms with Crippen LogP contribution in [0.3, 0.4) is 0 Å². The SMILES string of the molecule is CC[C@@H](CO)NC(=O)c1c[nH]c2ccccc12. The molecule has 1 atom stereocenters. The highest BCUT2D eigenvalue weighted by molar-refractivity contribution is 6.06. The third-order valence-electron chi connectivity index (χ3n) is 2.88. The Balaban J connectivity index is 2.25. The monoisotopic (exact) mass is 232 g/mol. The maximum absolute atomic E-state index is 12.0. The van der Waals surface area contributed by atoms with Crippen LogP contribution in [0.5, 0.6) is 0 Å². The molecular formula is C13H16N2O2. The Bertz CT molecular complexity index is 515. The summed E-state index contributed by atoms with van der Waals surface area (Å²) in [6.07, 6.45) is 2.41. The van der Waals surface area contributed by atoms with Crippen LogP contribution in [0.2, 0.25) is 0 Å². The lowest BCUT2D eigenvalue weighted by Gasteiger charge is -2.13. The van der Waals surface area contributed by atoms with Crippen molar-refractivity contribution in [1.29, 1.82) is 0 Å². The van der Waals surface area contributed by atoms with Gasteiger partial charge in [0.2, 0.25) is 0 Å². The smallest absolute Gasteiger partial charge is 0.253 e. The second-order valence-corrected chi connectivity index (χ2v) is 4.01. The van der Waals surface area contributed by atoms with Gasteiger partial charge in [0.15, 0.2) is 0 Å². The zero-order valence-electron chi connectivity index (χ0n) is 9.73. The number of fused-ring (bicyclic) bond motifs is 1. The number of para-hydroxylation sites is 1. The molecular weight excluding hydrogens is 216 g/mol. The van der Waals surface area contributed by atoms with Crippen LogP contribution >= 0.6 is 0 Å². The Labute approximate surface area is 99.7 Å². The van der Waals surface area contributed by atoms with E-state index in [1.807, 2.05) is 31.2 Å². The minimum atomic E-state index is -0.184. The van der Waals surface area contributed by atoms with Crippen molar-refractivity contribution in [2.45, 2.75) is 19.4 Å². The lowest BCUT2D eigenvalue weighted by Crippen LogP contribution is -2.36. The summed E-state index contributed by atoms with van der Waals surface area (Å²) < 4.78 is 0. The van der Waals surface area contributed by atoms with Gasteiger partial charge in [0.25, 0.3) is 5.91 Å². The first-order valence-corrected chi connectivity index (χ1v) is 5.74. The highest BCUT2D eigenvalue weighted by atomic mass is 16.3. The van der Waals surface area contributed by atoms with E-state index in [1.165, 1.54) is 0 Å². The van der Waals surface area contributed by atoms with Crippen LogP contribution in [0.1, 0.15) is 23.7 Å². The Hall–Kier alpha value is -1.81. The molecule has 17 heavy (non-hydrogen) atoms. The van der Waals surface area contributed by atoms with Crippen LogP contribution in [0.25, 0.3) is 10.9 Å². The van der Waals surface area contributed by atoms with Crippen molar-refractivity contribution < 1.29 is 9.90 Å². The summed E-state index contributed by atoms with van der Waals surface area (Å²) >= 11 is 0. The van der Waals surface area contributed by atoms with Gasteiger partial charge in [-0.25, -0.2) is 0 Å². The molecule has 1 heterocycles. The second kappa shape index (κ2) is 5.01. The quantitative estimate of drug-likeness (QED) is 0.750. The van der Waals surface area contributed by atoms with E-state index in [1.54, 1.807) is 6.20 Å². The normalized spacial score (nSPS) is 12.6. The molecule has 1 amide bonds. The van der Waals surface area contributed by atoms with Gasteiger partial charge in [-0.2, -0.15) is 0 Å². The summed E-state index contributed by atoms with van der Waals surface area (Å²) in [5.74, 6) is -0.150. The molecule has 0 aliphatic rings. The largest absolute Gasteiger partial charge is 0.394 e. The van der Waals surface area contributed by atoms with Crippen molar-refractivity contribution >= 4 is 16.8 Å². The van der Waals surface area contributed by atoms with Gasteiger partial charge in [-0.15, -0.1) is 0 Å². The van der Waals surface area contributed by atoms with Crippen LogP contribution in [0, 0.1) is 0 Å². The summed E-state index contributed by atoms with van der Waals surface area (Å²) in [4.78, 5) is 15.1. The summed E-state index contributed by atoms with van der Waals surface area (Å²) in [5, 5.41) is 12.8. The molecule has 0 saturated carbocycles. The van der Waals surface area contributed by atoms with E-state index in [0.29, 0.717) is 12.0 Å². The third-order valence-corrected chi connectivity index (χ3v) is 2.88. The van der Waals surface area contributed by atoms with Crippen LogP contribution in [0.4, 0.5) is 0 Å². The molecule has 0 radical (unpaired) electrons. The predicted molar refractivity (Wildman–Crippen MR) is 66.9 cm³/mol. The number of hydrogen-bond donors (Lipinski definition) is 3. The second-order valence-electron chi connectivity index (χ2n) is 4.01. The molecule has 0 spiro atoms. The molecule has 3 N–H and O–H groups in total. The van der Waals surface area contributed by atoms with Gasteiger partial charge >= 0.3 is 0 Å². The first-order valence-electron chi connectivity index (χ1n) is 5.74. The maximum atomic E-state index is 12.0. The number of aliphatic hydroxyl groups is 1. The van der Waals surface area contributed by atoms with Gasteiger partial charge in [0.05, 0.1) is 18.2 Å². The van der Waals surface area contributed by atoms with E-state index in [9.17, 15) is 4.79 Å². The number of rotatable bonds is 4. The molecule has 0 aliphatic heterocycles. The highest BCUT2D eigenvalue weighted by Gasteiger charge is 2.14. The maximum Gasteiger partial charge on any atom is 0.253 e. The van der Waals surface area contributed by atoms with E-state index in [-0.39, 0.29) is 18.6 Å². The summed E-state index contributed by atoms with van der Waals surface area (Å²) in [5.41, 5.74) is 1.56. The topological polar surface area (TPSA) is 65.1 Å². The van der Waals surface area contributed by atoms with Crippen LogP contribution in [-0.4, -0.2) is 28.6 Å². The van der Waals surface area contributed by atoms with Crippen molar-refractivity contribution in [3.8, 4) is 0 Å². The number of H-pyrrole nitrogens is 1. The zero-order valence-corrected chi connectivity index (χ0v) is 9.73. The number of carbonyl (C=O) groups excluding carboxylic acids is 1. The van der Waals surface area contributed by atoms with E-state index < -0.39 is 0 Å². The van der Waals surface area contributed by atoms with E-state index in [0.717, 1.165) is 10.9 Å². The number of amides is 1. The van der Waals surface area contributed by atoms with E-state index in [2.05, 4.69) is 10.3 Å². The molecule has 2 rings (SSSR count). The standard InChI is InChI=1S/C13H16N2O2/c1-2-9(8-16)15-13(17)11-7-14-12-6-4-3-5-10(11)12/h3-7,9,14,16H,2,8H2,1H3,(H,15,17)/t9-/m0/s1. The predicted octanol–water partition coefficient (Wildman–Crippen LogP) is 1.67. The van der Waals surface area contributed by atoms with Gasteiger partial charge in [0, 0.05) is 17.1 Å². The number of carbonyl (C=O) groups is 1. The van der Waals surface area contributed by atoms with Crippen molar-refractivity contribution in [3.63, 3.8) is 0 Å². The van der Waals surface area contributed by atoms with Gasteiger partial charge in [-0.05, 0) is 12.5 Å². The average Bonchev–Trinajstić information content (AvgIpc) is 2.79. The first kappa shape index (κ1) is 11.7. The Morgan fingerprint density at radius 3 is 2.94 bits per heavy atom. The van der Waals surface area contributed by atoms with Crippen LogP contribution < -0.4 is 5.32 Å². The molecule has 0 unspecified atom stereocenters. The fraction of sp³-hybridized carbons (Fsp3) is 0.308. The molecule has 1 aromatic carbocycles. The molecule has 0 fully saturated rings. The Morgan fingerprint density at radius 1 is 1.47 bits per heavy atom. The summed E-state index contributed by atoms with van der Waals surface area (Å²) in [6, 6.07) is 7.46. The number of aromatic amines is 1. The Morgan fingerprint density at radius 2 is 2.24 bits per heavy atom. The zero-order chi connectivity index (χ0) is 12.3. The highest BCUT2D eigenvalue weighted by Crippen LogP contribution is 2.17. The van der Waals surface area contributed by atoms with Crippen molar-refractivity contribution in [1.82, 2.24) is 10.3 Å². The molecule has 0 aliphatic carbocycles. The molecule has 0 saturated heterocycles. The van der Waals surface area contributed by atoms with Gasteiger partial charge in [-0.1, -0.05) is 25.1 Å². The van der Waals surface area contributed by atoms with Gasteiger partial charge in [-0.3, -0.25) is 4.79 Å². The number of aliphatic hydroxyl groups excluding tert-OH is 1. The van der Waals surface area contributed by atoms with Gasteiger partial charge < -0.3 is 15.4 Å². The molecule has 2 aromatic rings. The van der Waals surface area contributed by atoms with Crippen molar-refractivity contribution in [3.05, 3.63) is 36.0 Å². The minimum absolute atomic E-state index is 0.0371. The third kappa shape index (κ3) is 2.31. The van der Waals surface area contributed by atoms with Gasteiger partial charge in [0.1, 0.15) is 0 Å². The first-order chi connectivity index (χ1) is 8.26. The molecule has 90 valence electrons. The molecule has 1 aromatic heterocycles.